The summed E-state index contributed by atoms with van der Waals surface area (Å²) in [6.07, 6.45) is 2.17. The minimum atomic E-state index is -0.0247. The predicted molar refractivity (Wildman–Crippen MR) is 116 cm³/mol. The van der Waals surface area contributed by atoms with Crippen molar-refractivity contribution in [3.8, 4) is 5.75 Å². The Bertz CT molecular complexity index is 847. The molecule has 0 spiro atoms. The molecule has 29 heavy (non-hydrogen) atoms. The summed E-state index contributed by atoms with van der Waals surface area (Å²) in [5.41, 5.74) is 2.98. The van der Waals surface area contributed by atoms with Crippen LogP contribution >= 0.6 is 0 Å². The smallest absolute Gasteiger partial charge is 0.321 e. The number of benzene rings is 2. The lowest BCUT2D eigenvalue weighted by Crippen LogP contribution is -2.36. The van der Waals surface area contributed by atoms with Crippen LogP contribution in [0.1, 0.15) is 24.0 Å². The Hall–Kier alpha value is -3.22. The number of methoxy groups -OCH3 is 1. The van der Waals surface area contributed by atoms with Crippen molar-refractivity contribution in [2.45, 2.75) is 25.9 Å². The Kier molecular flexibility index (Phi) is 7.33. The summed E-state index contributed by atoms with van der Waals surface area (Å²) < 4.78 is 5.26. The molecule has 3 N–H and O–H groups in total. The summed E-state index contributed by atoms with van der Waals surface area (Å²) in [5.74, 6) is 1.54. The third kappa shape index (κ3) is 6.14. The molecule has 2 aromatic rings. The van der Waals surface area contributed by atoms with E-state index in [1.54, 1.807) is 14.2 Å². The van der Waals surface area contributed by atoms with Crippen LogP contribution in [-0.2, 0) is 13.1 Å². The van der Waals surface area contributed by atoms with Crippen molar-refractivity contribution >= 4 is 17.7 Å². The van der Waals surface area contributed by atoms with E-state index in [2.05, 4.69) is 20.9 Å². The average molecular weight is 396 g/mol. The van der Waals surface area contributed by atoms with Gasteiger partial charge in [0.15, 0.2) is 5.96 Å². The van der Waals surface area contributed by atoms with E-state index in [9.17, 15) is 4.79 Å². The van der Waals surface area contributed by atoms with Crippen LogP contribution < -0.4 is 20.7 Å². The number of amides is 2. The Balaban J connectivity index is 1.50. The lowest BCUT2D eigenvalue weighted by Gasteiger charge is -2.17. The van der Waals surface area contributed by atoms with Gasteiger partial charge in [-0.15, -0.1) is 0 Å². The van der Waals surface area contributed by atoms with Crippen molar-refractivity contribution in [2.24, 2.45) is 4.99 Å². The van der Waals surface area contributed by atoms with Gasteiger partial charge in [-0.2, -0.15) is 0 Å². The fraction of sp³-hybridized carbons (Fsp3) is 0.364. The molecular weight excluding hydrogens is 366 g/mol. The highest BCUT2D eigenvalue weighted by molar-refractivity contribution is 5.89. The summed E-state index contributed by atoms with van der Waals surface area (Å²) in [5, 5.41) is 9.59. The molecule has 0 saturated carbocycles. The second-order valence-corrected chi connectivity index (χ2v) is 6.96. The summed E-state index contributed by atoms with van der Waals surface area (Å²) in [7, 11) is 3.41. The van der Waals surface area contributed by atoms with Crippen molar-refractivity contribution in [1.82, 2.24) is 15.5 Å². The van der Waals surface area contributed by atoms with E-state index >= 15 is 0 Å². The summed E-state index contributed by atoms with van der Waals surface area (Å²) in [4.78, 5) is 18.4. The molecule has 0 aromatic heterocycles. The first-order valence-electron chi connectivity index (χ1n) is 9.90. The average Bonchev–Trinajstić information content (AvgIpc) is 3.29. The largest absolute Gasteiger partial charge is 0.497 e. The number of urea groups is 1. The number of nitrogens with one attached hydrogen (secondary N) is 3. The number of anilines is 1. The van der Waals surface area contributed by atoms with E-state index in [1.807, 2.05) is 53.4 Å². The number of carbonyl (C=O) groups is 1. The van der Waals surface area contributed by atoms with Crippen molar-refractivity contribution in [3.05, 3.63) is 59.7 Å². The Labute approximate surface area is 172 Å². The molecule has 7 nitrogen and oxygen atoms in total. The minimum absolute atomic E-state index is 0.0247. The molecule has 3 rings (SSSR count). The molecule has 2 aromatic carbocycles. The van der Waals surface area contributed by atoms with E-state index in [1.165, 1.54) is 0 Å². The Morgan fingerprint density at radius 1 is 1.03 bits per heavy atom. The van der Waals surface area contributed by atoms with Crippen LogP contribution in [0.3, 0.4) is 0 Å². The SMILES string of the molecule is CN=C(NCc1cccc(NC(=O)N2CCCC2)c1)NCc1cccc(OC)c1. The third-order valence-corrected chi connectivity index (χ3v) is 4.85. The number of likely N-dealkylation sites (tertiary alicyclic amines) is 1. The molecule has 7 heteroatoms. The standard InChI is InChI=1S/C22H29N5O2/c1-23-21(25-16-18-8-6-10-20(14-18)29-2)24-15-17-7-5-9-19(13-17)26-22(28)27-11-3-4-12-27/h5-10,13-14H,3-4,11-12,15-16H2,1-2H3,(H,26,28)(H2,23,24,25). The van der Waals surface area contributed by atoms with E-state index in [0.717, 1.165) is 48.5 Å². The molecule has 154 valence electrons. The van der Waals surface area contributed by atoms with E-state index in [0.29, 0.717) is 19.0 Å². The minimum Gasteiger partial charge on any atom is -0.497 e. The Morgan fingerprint density at radius 2 is 1.69 bits per heavy atom. The number of guanidine groups is 1. The van der Waals surface area contributed by atoms with Crippen LogP contribution in [0.5, 0.6) is 5.75 Å². The van der Waals surface area contributed by atoms with Gasteiger partial charge in [-0.05, 0) is 48.2 Å². The van der Waals surface area contributed by atoms with E-state index < -0.39 is 0 Å². The highest BCUT2D eigenvalue weighted by Crippen LogP contribution is 2.14. The number of rotatable bonds is 6. The maximum atomic E-state index is 12.3. The van der Waals surface area contributed by atoms with Gasteiger partial charge in [0.2, 0.25) is 0 Å². The molecule has 1 fully saturated rings. The first kappa shape index (κ1) is 20.5. The van der Waals surface area contributed by atoms with Crippen LogP contribution in [0.15, 0.2) is 53.5 Å². The molecule has 1 heterocycles. The number of hydrogen-bond acceptors (Lipinski definition) is 3. The van der Waals surface area contributed by atoms with Gasteiger partial charge >= 0.3 is 6.03 Å². The molecule has 2 amide bonds. The number of carbonyl (C=O) groups excluding carboxylic acids is 1. The van der Waals surface area contributed by atoms with Gasteiger partial charge in [0, 0.05) is 38.9 Å². The maximum Gasteiger partial charge on any atom is 0.321 e. The number of aliphatic imine (C=N–C) groups is 1. The summed E-state index contributed by atoms with van der Waals surface area (Å²) in [6.45, 7) is 2.92. The fourth-order valence-corrected chi connectivity index (χ4v) is 3.26. The van der Waals surface area contributed by atoms with Crippen molar-refractivity contribution in [1.29, 1.82) is 0 Å². The van der Waals surface area contributed by atoms with Gasteiger partial charge in [-0.25, -0.2) is 4.79 Å². The lowest BCUT2D eigenvalue weighted by molar-refractivity contribution is 0.222. The molecule has 0 atom stereocenters. The van der Waals surface area contributed by atoms with Crippen molar-refractivity contribution in [3.63, 3.8) is 0 Å². The van der Waals surface area contributed by atoms with Crippen LogP contribution in [0.25, 0.3) is 0 Å². The maximum absolute atomic E-state index is 12.3. The molecular formula is C22H29N5O2. The van der Waals surface area contributed by atoms with Crippen LogP contribution in [0.2, 0.25) is 0 Å². The van der Waals surface area contributed by atoms with Crippen molar-refractivity contribution in [2.75, 3.05) is 32.6 Å². The molecule has 0 aliphatic carbocycles. The highest BCUT2D eigenvalue weighted by Gasteiger charge is 2.17. The molecule has 1 aliphatic heterocycles. The van der Waals surface area contributed by atoms with Gasteiger partial charge in [0.05, 0.1) is 7.11 Å². The fourth-order valence-electron chi connectivity index (χ4n) is 3.26. The zero-order valence-electron chi connectivity index (χ0n) is 17.1. The third-order valence-electron chi connectivity index (χ3n) is 4.85. The van der Waals surface area contributed by atoms with Crippen molar-refractivity contribution < 1.29 is 9.53 Å². The topological polar surface area (TPSA) is 78.0 Å². The molecule has 0 unspecified atom stereocenters. The first-order valence-corrected chi connectivity index (χ1v) is 9.90. The second-order valence-electron chi connectivity index (χ2n) is 6.96. The van der Waals surface area contributed by atoms with Gasteiger partial charge in [-0.3, -0.25) is 4.99 Å². The molecule has 0 radical (unpaired) electrons. The van der Waals surface area contributed by atoms with Crippen LogP contribution in [-0.4, -0.2) is 44.1 Å². The monoisotopic (exact) mass is 395 g/mol. The highest BCUT2D eigenvalue weighted by atomic mass is 16.5. The number of ether oxygens (including phenoxy) is 1. The van der Waals surface area contributed by atoms with Gasteiger partial charge in [-0.1, -0.05) is 24.3 Å². The Morgan fingerprint density at radius 3 is 2.34 bits per heavy atom. The summed E-state index contributed by atoms with van der Waals surface area (Å²) in [6, 6.07) is 15.8. The quantitative estimate of drug-likeness (QED) is 0.519. The molecule has 1 aliphatic rings. The number of nitrogens with zero attached hydrogens (tertiary/aromatic N) is 2. The lowest BCUT2D eigenvalue weighted by atomic mass is 10.2. The van der Waals surface area contributed by atoms with E-state index in [-0.39, 0.29) is 6.03 Å². The second kappa shape index (κ2) is 10.4. The zero-order valence-corrected chi connectivity index (χ0v) is 17.1. The molecule has 0 bridgehead atoms. The van der Waals surface area contributed by atoms with Gasteiger partial charge in [0.1, 0.15) is 5.75 Å². The van der Waals surface area contributed by atoms with Gasteiger partial charge < -0.3 is 25.6 Å². The zero-order chi connectivity index (χ0) is 20.5. The molecule has 1 saturated heterocycles. The predicted octanol–water partition coefficient (Wildman–Crippen LogP) is 3.19. The van der Waals surface area contributed by atoms with Crippen LogP contribution in [0.4, 0.5) is 10.5 Å². The number of hydrogen-bond donors (Lipinski definition) is 3. The normalized spacial score (nSPS) is 13.9. The van der Waals surface area contributed by atoms with E-state index in [4.69, 9.17) is 4.74 Å². The van der Waals surface area contributed by atoms with Crippen LogP contribution in [0, 0.1) is 0 Å². The first-order chi connectivity index (χ1) is 14.2. The van der Waals surface area contributed by atoms with Gasteiger partial charge in [0.25, 0.3) is 0 Å². The summed E-state index contributed by atoms with van der Waals surface area (Å²) >= 11 is 0.